The molecule has 0 unspecified atom stereocenters. The number of nitrogens with zero attached hydrogens (tertiary/aromatic N) is 1. The van der Waals surface area contributed by atoms with Crippen molar-refractivity contribution >= 4 is 5.91 Å². The summed E-state index contributed by atoms with van der Waals surface area (Å²) in [4.78, 5) is 14.4. The van der Waals surface area contributed by atoms with E-state index in [1.165, 1.54) is 0 Å². The van der Waals surface area contributed by atoms with E-state index in [0.717, 1.165) is 31.6 Å². The molecule has 20 heavy (non-hydrogen) atoms. The lowest BCUT2D eigenvalue weighted by Crippen LogP contribution is -2.40. The van der Waals surface area contributed by atoms with Crippen LogP contribution in [0.4, 0.5) is 0 Å². The number of amides is 1. The maximum atomic E-state index is 12.4. The van der Waals surface area contributed by atoms with Gasteiger partial charge < -0.3 is 14.1 Å². The van der Waals surface area contributed by atoms with Crippen LogP contribution in [-0.4, -0.2) is 30.6 Å². The predicted molar refractivity (Wildman–Crippen MR) is 77.3 cm³/mol. The molecular weight excluding hydrogens is 254 g/mol. The molecule has 1 fully saturated rings. The number of hydrogen-bond donors (Lipinski definition) is 0. The van der Waals surface area contributed by atoms with Gasteiger partial charge in [0.25, 0.3) is 0 Å². The van der Waals surface area contributed by atoms with Crippen LogP contribution in [0.2, 0.25) is 0 Å². The lowest BCUT2D eigenvalue weighted by atomic mass is 9.90. The monoisotopic (exact) mass is 279 g/mol. The van der Waals surface area contributed by atoms with E-state index >= 15 is 0 Å². The van der Waals surface area contributed by atoms with Gasteiger partial charge in [0.2, 0.25) is 5.91 Å². The van der Waals surface area contributed by atoms with Gasteiger partial charge >= 0.3 is 0 Å². The molecule has 1 amide bonds. The van der Waals surface area contributed by atoms with Crippen molar-refractivity contribution in [3.63, 3.8) is 0 Å². The van der Waals surface area contributed by atoms with E-state index in [1.54, 1.807) is 6.26 Å². The summed E-state index contributed by atoms with van der Waals surface area (Å²) in [6.45, 7) is 6.43. The average Bonchev–Trinajstić information content (AvgIpc) is 2.97. The molecule has 1 saturated heterocycles. The normalized spacial score (nSPS) is 23.0. The molecule has 0 N–H and O–H groups in total. The molecule has 0 aliphatic carbocycles. The first-order valence-corrected chi connectivity index (χ1v) is 7.63. The Hall–Kier alpha value is -1.29. The number of carbonyl (C=O) groups excluding carboxylic acids is 1. The van der Waals surface area contributed by atoms with E-state index < -0.39 is 0 Å². The summed E-state index contributed by atoms with van der Waals surface area (Å²) in [5, 5.41) is 0. The van der Waals surface area contributed by atoms with Gasteiger partial charge in [-0.2, -0.15) is 0 Å². The topological polar surface area (TPSA) is 42.7 Å². The average molecular weight is 279 g/mol. The summed E-state index contributed by atoms with van der Waals surface area (Å²) in [5.74, 6) is 1.77. The fourth-order valence-electron chi connectivity index (χ4n) is 2.80. The minimum absolute atomic E-state index is 0.105. The van der Waals surface area contributed by atoms with Crippen LogP contribution in [0.3, 0.4) is 0 Å². The molecule has 0 radical (unpaired) electrons. The zero-order chi connectivity index (χ0) is 14.4. The Balaban J connectivity index is 1.94. The molecule has 0 saturated carbocycles. The van der Waals surface area contributed by atoms with Crippen LogP contribution in [0.25, 0.3) is 0 Å². The molecule has 2 rings (SSSR count). The molecule has 1 aliphatic heterocycles. The van der Waals surface area contributed by atoms with Gasteiger partial charge in [0, 0.05) is 26.2 Å². The van der Waals surface area contributed by atoms with E-state index in [-0.39, 0.29) is 11.9 Å². The van der Waals surface area contributed by atoms with Gasteiger partial charge in [-0.05, 0) is 44.2 Å². The molecule has 2 heterocycles. The predicted octanol–water partition coefficient (Wildman–Crippen LogP) is 3.40. The van der Waals surface area contributed by atoms with Crippen molar-refractivity contribution in [1.29, 1.82) is 0 Å². The molecular formula is C16H25NO3. The highest BCUT2D eigenvalue weighted by atomic mass is 16.5. The van der Waals surface area contributed by atoms with E-state index in [2.05, 4.69) is 6.92 Å². The quantitative estimate of drug-likeness (QED) is 0.750. The summed E-state index contributed by atoms with van der Waals surface area (Å²) in [5.41, 5.74) is 0. The van der Waals surface area contributed by atoms with Crippen LogP contribution in [0, 0.1) is 5.92 Å². The standard InChI is InChI=1S/C16H25NO3/c1-3-19-10-5-7-16(18)17-9-8-13(2)12-14(17)15-6-4-11-20-15/h4,6,11,13-14H,3,5,7-10,12H2,1-2H3/t13-,14-/m0/s1. The van der Waals surface area contributed by atoms with Gasteiger partial charge in [0.15, 0.2) is 0 Å². The van der Waals surface area contributed by atoms with Crippen molar-refractivity contribution in [2.75, 3.05) is 19.8 Å². The number of furan rings is 1. The Bertz CT molecular complexity index is 402. The lowest BCUT2D eigenvalue weighted by Gasteiger charge is -2.37. The Morgan fingerprint density at radius 2 is 2.40 bits per heavy atom. The molecule has 1 aromatic rings. The number of ether oxygens (including phenoxy) is 1. The Labute approximate surface area is 121 Å². The highest BCUT2D eigenvalue weighted by molar-refractivity contribution is 5.76. The van der Waals surface area contributed by atoms with Gasteiger partial charge in [-0.1, -0.05) is 6.92 Å². The molecule has 1 aliphatic rings. The Kier molecular flexibility index (Phi) is 5.65. The molecule has 0 aromatic carbocycles. The zero-order valence-corrected chi connectivity index (χ0v) is 12.5. The first kappa shape index (κ1) is 15.1. The van der Waals surface area contributed by atoms with Gasteiger partial charge in [-0.15, -0.1) is 0 Å². The van der Waals surface area contributed by atoms with Crippen molar-refractivity contribution in [3.05, 3.63) is 24.2 Å². The van der Waals surface area contributed by atoms with Gasteiger partial charge in [-0.3, -0.25) is 4.79 Å². The minimum Gasteiger partial charge on any atom is -0.467 e. The van der Waals surface area contributed by atoms with E-state index in [0.29, 0.717) is 25.6 Å². The van der Waals surface area contributed by atoms with Gasteiger partial charge in [0.1, 0.15) is 5.76 Å². The molecule has 112 valence electrons. The second-order valence-electron chi connectivity index (χ2n) is 5.55. The molecule has 4 heteroatoms. The maximum absolute atomic E-state index is 12.4. The van der Waals surface area contributed by atoms with Crippen LogP contribution in [0.1, 0.15) is 51.3 Å². The third kappa shape index (κ3) is 3.85. The molecule has 0 bridgehead atoms. The van der Waals surface area contributed by atoms with Crippen molar-refractivity contribution in [2.45, 2.75) is 45.6 Å². The van der Waals surface area contributed by atoms with Crippen LogP contribution < -0.4 is 0 Å². The van der Waals surface area contributed by atoms with Crippen molar-refractivity contribution < 1.29 is 13.9 Å². The highest BCUT2D eigenvalue weighted by Crippen LogP contribution is 2.34. The van der Waals surface area contributed by atoms with Crippen molar-refractivity contribution in [1.82, 2.24) is 4.90 Å². The largest absolute Gasteiger partial charge is 0.467 e. The van der Waals surface area contributed by atoms with E-state index in [9.17, 15) is 4.79 Å². The number of piperidine rings is 1. The number of likely N-dealkylation sites (tertiary alicyclic amines) is 1. The summed E-state index contributed by atoms with van der Waals surface area (Å²) in [7, 11) is 0. The smallest absolute Gasteiger partial charge is 0.223 e. The van der Waals surface area contributed by atoms with Gasteiger partial charge in [0.05, 0.1) is 12.3 Å². The van der Waals surface area contributed by atoms with E-state index in [1.807, 2.05) is 24.0 Å². The van der Waals surface area contributed by atoms with E-state index in [4.69, 9.17) is 9.15 Å². The molecule has 4 nitrogen and oxygen atoms in total. The SMILES string of the molecule is CCOCCCC(=O)N1CC[C@H](C)C[C@H]1c1ccco1. The Morgan fingerprint density at radius 3 is 3.10 bits per heavy atom. The third-order valence-electron chi connectivity index (χ3n) is 3.94. The second-order valence-corrected chi connectivity index (χ2v) is 5.55. The third-order valence-corrected chi connectivity index (χ3v) is 3.94. The first-order chi connectivity index (χ1) is 9.72. The van der Waals surface area contributed by atoms with Crippen LogP contribution in [-0.2, 0) is 9.53 Å². The minimum atomic E-state index is 0.105. The molecule has 2 atom stereocenters. The maximum Gasteiger partial charge on any atom is 0.223 e. The highest BCUT2D eigenvalue weighted by Gasteiger charge is 2.32. The summed E-state index contributed by atoms with van der Waals surface area (Å²) in [6.07, 6.45) is 5.11. The Morgan fingerprint density at radius 1 is 1.55 bits per heavy atom. The molecule has 1 aromatic heterocycles. The van der Waals surface area contributed by atoms with Crippen molar-refractivity contribution in [3.8, 4) is 0 Å². The first-order valence-electron chi connectivity index (χ1n) is 7.63. The van der Waals surface area contributed by atoms with Crippen LogP contribution >= 0.6 is 0 Å². The summed E-state index contributed by atoms with van der Waals surface area (Å²) in [6, 6.07) is 3.98. The summed E-state index contributed by atoms with van der Waals surface area (Å²) >= 11 is 0. The van der Waals surface area contributed by atoms with Gasteiger partial charge in [-0.25, -0.2) is 0 Å². The summed E-state index contributed by atoms with van der Waals surface area (Å²) < 4.78 is 10.8. The van der Waals surface area contributed by atoms with Crippen molar-refractivity contribution in [2.24, 2.45) is 5.92 Å². The number of rotatable bonds is 6. The van der Waals surface area contributed by atoms with Crippen LogP contribution in [0.15, 0.2) is 22.8 Å². The lowest BCUT2D eigenvalue weighted by molar-refractivity contribution is -0.136. The second kappa shape index (κ2) is 7.48. The van der Waals surface area contributed by atoms with Crippen LogP contribution in [0.5, 0.6) is 0 Å². The number of hydrogen-bond acceptors (Lipinski definition) is 3. The number of carbonyl (C=O) groups is 1. The fraction of sp³-hybridized carbons (Fsp3) is 0.688. The fourth-order valence-corrected chi connectivity index (χ4v) is 2.80. The molecule has 0 spiro atoms. The zero-order valence-electron chi connectivity index (χ0n) is 12.5.